The van der Waals surface area contributed by atoms with E-state index in [0.29, 0.717) is 35.2 Å². The number of esters is 2. The van der Waals surface area contributed by atoms with Crippen molar-refractivity contribution >= 4 is 90.0 Å². The lowest BCUT2D eigenvalue weighted by Crippen LogP contribution is -2.37. The lowest BCUT2D eigenvalue weighted by molar-refractivity contribution is -0.159. The highest BCUT2D eigenvalue weighted by Gasteiger charge is 2.32. The number of nitrogens with zero attached hydrogens (tertiary/aromatic N) is 2. The quantitative estimate of drug-likeness (QED) is 0.0532. The third kappa shape index (κ3) is 14.6. The number of hydrogen-bond acceptors (Lipinski definition) is 10. The Labute approximate surface area is 335 Å². The fourth-order valence-electron chi connectivity index (χ4n) is 7.13. The van der Waals surface area contributed by atoms with E-state index in [-0.39, 0.29) is 24.4 Å². The van der Waals surface area contributed by atoms with Crippen LogP contribution in [-0.2, 0) is 19.1 Å². The Kier molecular flexibility index (Phi) is 19.6. The number of halogens is 2. The molecule has 12 heteroatoms. The Morgan fingerprint density at radius 2 is 1.06 bits per heavy atom. The standard InChI is InChI=1S/C38H58Br2N2O4S4/c1-41(2)33(25-31(27-15-9-7-10-16-27)49-37-29(39)21-23-47-37)45-35(43)19-13-5-6-14-20-36(44)46-34(42(3)4)26-32(28-17-11-8-12-18-28)50-38-30(40)22-24-48-38/h21-24,27-28,31-34H,5-20,25-26H2,1-4H3. The number of hydrogen-bond donors (Lipinski definition) is 0. The second-order valence-corrected chi connectivity index (χ2v) is 21.0. The Morgan fingerprint density at radius 1 is 0.680 bits per heavy atom. The van der Waals surface area contributed by atoms with E-state index in [9.17, 15) is 9.59 Å². The van der Waals surface area contributed by atoms with Crippen molar-refractivity contribution in [3.05, 3.63) is 31.8 Å². The summed E-state index contributed by atoms with van der Waals surface area (Å²) in [6.45, 7) is 0. The molecular weight excluding hydrogens is 837 g/mol. The summed E-state index contributed by atoms with van der Waals surface area (Å²) in [5, 5.41) is 5.10. The summed E-state index contributed by atoms with van der Waals surface area (Å²) in [7, 11) is 8.05. The predicted octanol–water partition coefficient (Wildman–Crippen LogP) is 12.1. The van der Waals surface area contributed by atoms with Gasteiger partial charge in [-0.15, -0.1) is 46.2 Å². The smallest absolute Gasteiger partial charge is 0.307 e. The third-order valence-electron chi connectivity index (χ3n) is 10.1. The minimum absolute atomic E-state index is 0.124. The van der Waals surface area contributed by atoms with Gasteiger partial charge in [0.2, 0.25) is 0 Å². The van der Waals surface area contributed by atoms with Crippen molar-refractivity contribution in [1.29, 1.82) is 0 Å². The van der Waals surface area contributed by atoms with Crippen molar-refractivity contribution in [2.45, 2.75) is 147 Å². The van der Waals surface area contributed by atoms with E-state index in [1.807, 2.05) is 51.7 Å². The topological polar surface area (TPSA) is 59.1 Å². The summed E-state index contributed by atoms with van der Waals surface area (Å²) in [5.41, 5.74) is 0. The molecule has 2 aromatic rings. The lowest BCUT2D eigenvalue weighted by atomic mass is 9.85. The van der Waals surface area contributed by atoms with Gasteiger partial charge in [0.05, 0.1) is 8.42 Å². The summed E-state index contributed by atoms with van der Waals surface area (Å²) in [6, 6.07) is 4.25. The molecule has 0 aromatic carbocycles. The predicted molar refractivity (Wildman–Crippen MR) is 221 cm³/mol. The highest BCUT2D eigenvalue weighted by Crippen LogP contribution is 2.45. The molecule has 0 aliphatic heterocycles. The van der Waals surface area contributed by atoms with E-state index in [1.165, 1.54) is 81.6 Å². The van der Waals surface area contributed by atoms with Crippen LogP contribution in [0, 0.1) is 11.8 Å². The molecule has 2 aliphatic carbocycles. The number of carbonyl (C=O) groups is 2. The number of rotatable bonds is 21. The van der Waals surface area contributed by atoms with E-state index < -0.39 is 0 Å². The van der Waals surface area contributed by atoms with Crippen LogP contribution in [0.25, 0.3) is 0 Å². The van der Waals surface area contributed by atoms with Crippen LogP contribution in [0.4, 0.5) is 0 Å². The molecule has 2 heterocycles. The van der Waals surface area contributed by atoms with Crippen LogP contribution >= 0.6 is 78.1 Å². The van der Waals surface area contributed by atoms with Gasteiger partial charge in [-0.1, -0.05) is 51.4 Å². The van der Waals surface area contributed by atoms with Gasteiger partial charge in [-0.3, -0.25) is 19.4 Å². The molecule has 2 fully saturated rings. The molecule has 0 spiro atoms. The molecule has 0 bridgehead atoms. The van der Waals surface area contributed by atoms with Crippen molar-refractivity contribution < 1.29 is 19.1 Å². The van der Waals surface area contributed by atoms with Crippen LogP contribution in [0.15, 0.2) is 40.3 Å². The number of thiophene rings is 2. The van der Waals surface area contributed by atoms with Crippen LogP contribution in [0.2, 0.25) is 0 Å². The summed E-state index contributed by atoms with van der Waals surface area (Å²) in [4.78, 5) is 30.1. The van der Waals surface area contributed by atoms with E-state index in [0.717, 1.165) is 38.5 Å². The summed E-state index contributed by atoms with van der Waals surface area (Å²) in [6.07, 6.45) is 18.2. The maximum Gasteiger partial charge on any atom is 0.307 e. The Balaban J connectivity index is 1.18. The number of ether oxygens (including phenoxy) is 2. The van der Waals surface area contributed by atoms with Crippen molar-refractivity contribution in [3.8, 4) is 0 Å². The molecule has 6 nitrogen and oxygen atoms in total. The van der Waals surface area contributed by atoms with Gasteiger partial charge in [0.15, 0.2) is 12.5 Å². The van der Waals surface area contributed by atoms with E-state index in [2.05, 4.69) is 64.6 Å². The molecule has 0 N–H and O–H groups in total. The van der Waals surface area contributed by atoms with Gasteiger partial charge in [0.25, 0.3) is 0 Å². The first kappa shape index (κ1) is 42.7. The van der Waals surface area contributed by atoms with E-state index >= 15 is 0 Å². The van der Waals surface area contributed by atoms with Crippen LogP contribution in [-0.4, -0.2) is 72.9 Å². The Hall–Kier alpha value is -0.0800. The molecule has 2 aromatic heterocycles. The van der Waals surface area contributed by atoms with Gasteiger partial charge < -0.3 is 9.47 Å². The highest BCUT2D eigenvalue weighted by molar-refractivity contribution is 9.10. The van der Waals surface area contributed by atoms with Crippen molar-refractivity contribution in [2.24, 2.45) is 11.8 Å². The summed E-state index contributed by atoms with van der Waals surface area (Å²) >= 11 is 14.9. The molecule has 0 radical (unpaired) electrons. The van der Waals surface area contributed by atoms with Crippen LogP contribution in [0.5, 0.6) is 0 Å². The maximum atomic E-state index is 13.0. The van der Waals surface area contributed by atoms with Gasteiger partial charge in [0, 0.05) is 45.1 Å². The lowest BCUT2D eigenvalue weighted by Gasteiger charge is -2.34. The zero-order chi connectivity index (χ0) is 35.9. The van der Waals surface area contributed by atoms with Crippen molar-refractivity contribution in [3.63, 3.8) is 0 Å². The SMILES string of the molecule is CN(C)C(CC(Sc1sccc1Br)C1CCCCC1)OC(=O)CCCCCCC(=O)OC(CC(Sc1sccc1Br)C1CCCCC1)N(C)C. The Bertz CT molecular complexity index is 1180. The second kappa shape index (κ2) is 23.0. The zero-order valence-electron chi connectivity index (χ0n) is 30.4. The van der Waals surface area contributed by atoms with Crippen molar-refractivity contribution in [1.82, 2.24) is 9.80 Å². The van der Waals surface area contributed by atoms with Gasteiger partial charge in [-0.05, 0) is 133 Å². The molecule has 50 heavy (non-hydrogen) atoms. The maximum absolute atomic E-state index is 13.0. The van der Waals surface area contributed by atoms with E-state index in [4.69, 9.17) is 9.47 Å². The average molecular weight is 895 g/mol. The monoisotopic (exact) mass is 892 g/mol. The van der Waals surface area contributed by atoms with Crippen molar-refractivity contribution in [2.75, 3.05) is 28.2 Å². The molecule has 0 saturated heterocycles. The van der Waals surface area contributed by atoms with Crippen LogP contribution in [0.3, 0.4) is 0 Å². The van der Waals surface area contributed by atoms with Gasteiger partial charge in [0.1, 0.15) is 0 Å². The molecular formula is C38H58Br2N2O4S4. The first-order chi connectivity index (χ1) is 24.1. The Morgan fingerprint density at radius 3 is 1.38 bits per heavy atom. The molecule has 0 amide bonds. The van der Waals surface area contributed by atoms with Gasteiger partial charge in [-0.25, -0.2) is 0 Å². The molecule has 2 aliphatic rings. The minimum Gasteiger partial charge on any atom is -0.446 e. The van der Waals surface area contributed by atoms with Gasteiger partial charge in [-0.2, -0.15) is 0 Å². The van der Waals surface area contributed by atoms with Gasteiger partial charge >= 0.3 is 11.9 Å². The number of thioether (sulfide) groups is 2. The zero-order valence-corrected chi connectivity index (χ0v) is 36.9. The molecule has 2 saturated carbocycles. The largest absolute Gasteiger partial charge is 0.446 e. The summed E-state index contributed by atoms with van der Waals surface area (Å²) in [5.74, 6) is 1.05. The second-order valence-electron chi connectivity index (χ2n) is 14.4. The molecule has 4 rings (SSSR count). The minimum atomic E-state index is -0.233. The van der Waals surface area contributed by atoms with Crippen LogP contribution in [0.1, 0.15) is 116 Å². The highest BCUT2D eigenvalue weighted by atomic mass is 79.9. The fraction of sp³-hybridized carbons (Fsp3) is 0.737. The first-order valence-electron chi connectivity index (χ1n) is 18.6. The molecule has 4 unspecified atom stereocenters. The average Bonchev–Trinajstić information content (AvgIpc) is 3.71. The molecule has 282 valence electrons. The molecule has 4 atom stereocenters. The first-order valence-corrected chi connectivity index (χ1v) is 23.7. The number of unbranched alkanes of at least 4 members (excludes halogenated alkanes) is 3. The van der Waals surface area contributed by atoms with Crippen LogP contribution < -0.4 is 0 Å². The normalized spacial score (nSPS) is 18.6. The summed E-state index contributed by atoms with van der Waals surface area (Å²) < 4.78 is 17.1. The fourth-order valence-corrected chi connectivity index (χ4v) is 13.8. The third-order valence-corrected chi connectivity index (χ3v) is 17.7. The number of carbonyl (C=O) groups excluding carboxylic acids is 2. The van der Waals surface area contributed by atoms with E-state index in [1.54, 1.807) is 22.7 Å².